The molecule has 0 spiro atoms. The SMILES string of the molecule is CC1=C[C@@H](I)C(C)C=C1. The number of allylic oxidation sites excluding steroid dienone is 4. The van der Waals surface area contributed by atoms with E-state index in [1.807, 2.05) is 0 Å². The Morgan fingerprint density at radius 1 is 1.56 bits per heavy atom. The molecule has 2 atom stereocenters. The van der Waals surface area contributed by atoms with Gasteiger partial charge in [0.25, 0.3) is 0 Å². The van der Waals surface area contributed by atoms with Crippen molar-refractivity contribution in [1.29, 1.82) is 0 Å². The van der Waals surface area contributed by atoms with Crippen LogP contribution in [0, 0.1) is 5.92 Å². The molecule has 0 aromatic rings. The van der Waals surface area contributed by atoms with E-state index in [4.69, 9.17) is 0 Å². The summed E-state index contributed by atoms with van der Waals surface area (Å²) in [5, 5.41) is 0. The van der Waals surface area contributed by atoms with Gasteiger partial charge in [-0.3, -0.25) is 0 Å². The quantitative estimate of drug-likeness (QED) is 0.446. The van der Waals surface area contributed by atoms with E-state index in [0.717, 1.165) is 0 Å². The van der Waals surface area contributed by atoms with Crippen molar-refractivity contribution in [2.75, 3.05) is 0 Å². The van der Waals surface area contributed by atoms with Crippen LogP contribution in [0.5, 0.6) is 0 Å². The lowest BCUT2D eigenvalue weighted by atomic mass is 10.00. The van der Waals surface area contributed by atoms with Gasteiger partial charge in [-0.05, 0) is 12.8 Å². The van der Waals surface area contributed by atoms with Gasteiger partial charge in [-0.2, -0.15) is 0 Å². The van der Waals surface area contributed by atoms with E-state index < -0.39 is 0 Å². The van der Waals surface area contributed by atoms with Gasteiger partial charge in [0.1, 0.15) is 0 Å². The Morgan fingerprint density at radius 2 is 2.22 bits per heavy atom. The fourth-order valence-corrected chi connectivity index (χ4v) is 1.68. The van der Waals surface area contributed by atoms with E-state index >= 15 is 0 Å². The number of hydrogen-bond acceptors (Lipinski definition) is 0. The first-order valence-electron chi connectivity index (χ1n) is 3.21. The van der Waals surface area contributed by atoms with Crippen LogP contribution in [-0.2, 0) is 0 Å². The Morgan fingerprint density at radius 3 is 2.67 bits per heavy atom. The molecule has 1 aliphatic carbocycles. The Bertz CT molecular complexity index is 156. The van der Waals surface area contributed by atoms with Gasteiger partial charge >= 0.3 is 0 Å². The Balaban J connectivity index is 2.70. The van der Waals surface area contributed by atoms with Crippen LogP contribution in [0.3, 0.4) is 0 Å². The topological polar surface area (TPSA) is 0 Å². The smallest absolute Gasteiger partial charge is 0.0355 e. The van der Waals surface area contributed by atoms with Gasteiger partial charge in [-0.15, -0.1) is 0 Å². The maximum absolute atomic E-state index is 2.47. The molecule has 0 amide bonds. The second-order valence-electron chi connectivity index (χ2n) is 2.57. The molecule has 0 saturated heterocycles. The number of halogens is 1. The zero-order chi connectivity index (χ0) is 6.85. The molecule has 0 fully saturated rings. The zero-order valence-electron chi connectivity index (χ0n) is 5.76. The lowest BCUT2D eigenvalue weighted by molar-refractivity contribution is 0.767. The first-order valence-corrected chi connectivity index (χ1v) is 4.45. The molecule has 50 valence electrons. The number of rotatable bonds is 0. The summed E-state index contributed by atoms with van der Waals surface area (Å²) in [5.41, 5.74) is 1.40. The van der Waals surface area contributed by atoms with Crippen molar-refractivity contribution in [1.82, 2.24) is 0 Å². The molecule has 0 N–H and O–H groups in total. The lowest BCUT2D eigenvalue weighted by Gasteiger charge is -2.15. The van der Waals surface area contributed by atoms with E-state index in [-0.39, 0.29) is 0 Å². The molecule has 0 radical (unpaired) electrons. The summed E-state index contributed by atoms with van der Waals surface area (Å²) < 4.78 is 0.701. The summed E-state index contributed by atoms with van der Waals surface area (Å²) >= 11 is 2.47. The molecular formula is C8H11I. The van der Waals surface area contributed by atoms with E-state index in [2.05, 4.69) is 54.7 Å². The summed E-state index contributed by atoms with van der Waals surface area (Å²) in [6.07, 6.45) is 6.78. The second-order valence-corrected chi connectivity index (χ2v) is 4.01. The van der Waals surface area contributed by atoms with Crippen molar-refractivity contribution in [3.63, 3.8) is 0 Å². The Labute approximate surface area is 70.2 Å². The van der Waals surface area contributed by atoms with E-state index in [1.54, 1.807) is 0 Å². The van der Waals surface area contributed by atoms with E-state index in [0.29, 0.717) is 9.84 Å². The molecule has 1 heteroatoms. The van der Waals surface area contributed by atoms with Crippen molar-refractivity contribution >= 4 is 22.6 Å². The summed E-state index contributed by atoms with van der Waals surface area (Å²) in [5.74, 6) is 0.717. The number of hydrogen-bond donors (Lipinski definition) is 0. The van der Waals surface area contributed by atoms with Crippen LogP contribution in [0.2, 0.25) is 0 Å². The summed E-state index contributed by atoms with van der Waals surface area (Å²) in [4.78, 5) is 0. The summed E-state index contributed by atoms with van der Waals surface area (Å²) in [6.45, 7) is 4.39. The number of alkyl halides is 1. The van der Waals surface area contributed by atoms with Crippen molar-refractivity contribution < 1.29 is 0 Å². The van der Waals surface area contributed by atoms with Gasteiger partial charge in [0.15, 0.2) is 0 Å². The minimum Gasteiger partial charge on any atom is -0.0801 e. The molecular weight excluding hydrogens is 223 g/mol. The predicted octanol–water partition coefficient (Wildman–Crippen LogP) is 2.94. The second kappa shape index (κ2) is 2.86. The zero-order valence-corrected chi connectivity index (χ0v) is 7.92. The van der Waals surface area contributed by atoms with Gasteiger partial charge in [0.05, 0.1) is 0 Å². The predicted molar refractivity (Wildman–Crippen MR) is 49.9 cm³/mol. The molecule has 0 aromatic heterocycles. The maximum atomic E-state index is 2.47. The molecule has 0 aliphatic heterocycles. The molecule has 9 heavy (non-hydrogen) atoms. The van der Waals surface area contributed by atoms with Crippen LogP contribution >= 0.6 is 22.6 Å². The monoisotopic (exact) mass is 234 g/mol. The van der Waals surface area contributed by atoms with E-state index in [1.165, 1.54) is 5.57 Å². The van der Waals surface area contributed by atoms with Crippen LogP contribution in [0.1, 0.15) is 13.8 Å². The molecule has 0 heterocycles. The average molecular weight is 234 g/mol. The van der Waals surface area contributed by atoms with Crippen LogP contribution in [0.15, 0.2) is 23.8 Å². The Hall–Kier alpha value is 0.210. The van der Waals surface area contributed by atoms with Crippen LogP contribution in [0.25, 0.3) is 0 Å². The molecule has 1 unspecified atom stereocenters. The van der Waals surface area contributed by atoms with Crippen molar-refractivity contribution in [3.8, 4) is 0 Å². The van der Waals surface area contributed by atoms with Gasteiger partial charge < -0.3 is 0 Å². The summed E-state index contributed by atoms with van der Waals surface area (Å²) in [6, 6.07) is 0. The standard InChI is InChI=1S/C8H11I/c1-6-3-4-7(2)8(9)5-6/h3-5,7-8H,1-2H3/t7?,8-/m1/s1. The maximum Gasteiger partial charge on any atom is 0.0355 e. The third-order valence-corrected chi connectivity index (χ3v) is 3.08. The van der Waals surface area contributed by atoms with Crippen LogP contribution < -0.4 is 0 Å². The minimum absolute atomic E-state index is 0.701. The highest BCUT2D eigenvalue weighted by Crippen LogP contribution is 2.22. The minimum atomic E-state index is 0.701. The van der Waals surface area contributed by atoms with Crippen LogP contribution in [0.4, 0.5) is 0 Å². The fourth-order valence-electron chi connectivity index (χ4n) is 0.868. The third-order valence-electron chi connectivity index (χ3n) is 1.59. The first-order chi connectivity index (χ1) is 4.20. The molecule has 0 bridgehead atoms. The Kier molecular flexibility index (Phi) is 2.33. The highest BCUT2D eigenvalue weighted by molar-refractivity contribution is 14.1. The molecule has 0 nitrogen and oxygen atoms in total. The van der Waals surface area contributed by atoms with Crippen molar-refractivity contribution in [2.45, 2.75) is 17.8 Å². The fraction of sp³-hybridized carbons (Fsp3) is 0.500. The van der Waals surface area contributed by atoms with Crippen molar-refractivity contribution in [3.05, 3.63) is 23.8 Å². The van der Waals surface area contributed by atoms with Gasteiger partial charge in [-0.25, -0.2) is 0 Å². The van der Waals surface area contributed by atoms with Gasteiger partial charge in [0.2, 0.25) is 0 Å². The van der Waals surface area contributed by atoms with Gasteiger partial charge in [0, 0.05) is 3.92 Å². The highest BCUT2D eigenvalue weighted by atomic mass is 127. The summed E-state index contributed by atoms with van der Waals surface area (Å²) in [7, 11) is 0. The largest absolute Gasteiger partial charge is 0.0801 e. The van der Waals surface area contributed by atoms with Crippen molar-refractivity contribution in [2.24, 2.45) is 5.92 Å². The molecule has 0 saturated carbocycles. The lowest BCUT2D eigenvalue weighted by Crippen LogP contribution is -2.08. The normalized spacial score (nSPS) is 34.3. The van der Waals surface area contributed by atoms with Gasteiger partial charge in [-0.1, -0.05) is 53.3 Å². The average Bonchev–Trinajstić information content (AvgIpc) is 1.80. The molecule has 1 rings (SSSR count). The molecule has 0 aromatic carbocycles. The molecule has 1 aliphatic rings. The van der Waals surface area contributed by atoms with E-state index in [9.17, 15) is 0 Å². The highest BCUT2D eigenvalue weighted by Gasteiger charge is 2.10. The van der Waals surface area contributed by atoms with Crippen LogP contribution in [-0.4, -0.2) is 3.92 Å². The first kappa shape index (κ1) is 7.32. The third kappa shape index (κ3) is 1.81.